The van der Waals surface area contributed by atoms with Gasteiger partial charge in [0.05, 0.1) is 24.4 Å². The summed E-state index contributed by atoms with van der Waals surface area (Å²) in [6.45, 7) is 26.5. The number of nitrogens with one attached hydrogen (secondary N) is 4. The molecule has 0 aromatic carbocycles. The zero-order valence-corrected chi connectivity index (χ0v) is 56.7. The minimum absolute atomic E-state index is 0.0394. The molecule has 25 nitrogen and oxygen atoms in total. The Bertz CT molecular complexity index is 2400. The SMILES string of the molecule is CCC1NC(=O)C(C2OC(CCO)CC2C)N(C)C(=O)C(C(C)C)N(C)C(=O)C(CC(C)C)N(C)C(=O)C(CC(C)(C)O)N(C)C(=O)C(C)NC(=O)C(C)NC(=O)C(CC(C)C)N(C)C(=O)C(C(C)C)NC(=O)C(CC(C)C)N(C)C(=O)CN(C)C1=O. The molecule has 25 heteroatoms. The van der Waals surface area contributed by atoms with E-state index in [9.17, 15) is 43.8 Å². The van der Waals surface area contributed by atoms with Crippen molar-refractivity contribution in [2.75, 3.05) is 62.5 Å². The van der Waals surface area contributed by atoms with E-state index in [1.807, 2.05) is 48.5 Å². The zero-order chi connectivity index (χ0) is 67.2. The number of nitrogens with zero attached hydrogens (tertiary/aromatic N) is 7. The molecular weight excluding hydrogens is 1120 g/mol. The number of likely N-dealkylation sites (N-methyl/N-ethyl adjacent to an activating group) is 7. The van der Waals surface area contributed by atoms with Gasteiger partial charge in [-0.15, -0.1) is 0 Å². The number of amides is 11. The monoisotopic (exact) mass is 1230 g/mol. The molecule has 0 saturated carbocycles. The Balaban J connectivity index is 2.99. The highest BCUT2D eigenvalue weighted by Gasteiger charge is 2.49. The molecule has 13 unspecified atom stereocenters. The number of rotatable bonds is 14. The van der Waals surface area contributed by atoms with E-state index < -0.39 is 162 Å². The molecule has 0 radical (unpaired) electrons. The Morgan fingerprint density at radius 2 is 1.00 bits per heavy atom. The lowest BCUT2D eigenvalue weighted by Crippen LogP contribution is -2.63. The van der Waals surface area contributed by atoms with Gasteiger partial charge in [0.1, 0.15) is 60.4 Å². The van der Waals surface area contributed by atoms with E-state index in [1.54, 1.807) is 34.6 Å². The van der Waals surface area contributed by atoms with Crippen LogP contribution in [0.25, 0.3) is 0 Å². The smallest absolute Gasteiger partial charge is 0.246 e. The molecule has 2 fully saturated rings. The van der Waals surface area contributed by atoms with Crippen molar-refractivity contribution in [2.45, 2.75) is 234 Å². The van der Waals surface area contributed by atoms with E-state index in [4.69, 9.17) is 4.74 Å². The molecule has 11 amide bonds. The standard InChI is InChI=1S/C62H111N11O14/c1-24-42-57(81)67(17)32-47(75)68(18)43(27-33(2)3)54(78)66-48(36(8)9)60(84)69(19)44(28-34(4)5)53(77)63-39(13)52(76)64-40(14)56(80)71(21)46(31-62(15,16)86)59(83)70(20)45(29-35(6)7)58(82)72(22)49(37(10)11)61(85)73(23)50(55(79)65-42)51-38(12)30-41(87-51)25-26-74/h33-46,48-51,74,86H,24-32H2,1-23H3,(H,63,77)(H,64,76)(H,65,79)(H,66,78). The number of hydrogen-bond acceptors (Lipinski definition) is 14. The molecule has 0 aromatic heterocycles. The van der Waals surface area contributed by atoms with E-state index in [0.717, 1.165) is 9.80 Å². The van der Waals surface area contributed by atoms with Crippen molar-refractivity contribution < 1.29 is 67.7 Å². The maximum absolute atomic E-state index is 15.3. The second-order valence-corrected chi connectivity index (χ2v) is 27.2. The highest BCUT2D eigenvalue weighted by molar-refractivity contribution is 5.99. The average Bonchev–Trinajstić information content (AvgIpc) is 2.35. The largest absolute Gasteiger partial charge is 0.396 e. The van der Waals surface area contributed by atoms with Gasteiger partial charge in [-0.25, -0.2) is 0 Å². The molecule has 2 heterocycles. The van der Waals surface area contributed by atoms with Crippen molar-refractivity contribution in [2.24, 2.45) is 35.5 Å². The van der Waals surface area contributed by atoms with Gasteiger partial charge < -0.3 is 70.5 Å². The third-order valence-electron chi connectivity index (χ3n) is 16.7. The van der Waals surface area contributed by atoms with Gasteiger partial charge in [-0.2, -0.15) is 0 Å². The molecule has 2 aliphatic rings. The first-order chi connectivity index (χ1) is 40.1. The van der Waals surface area contributed by atoms with Gasteiger partial charge in [0, 0.05) is 62.4 Å². The predicted octanol–water partition coefficient (Wildman–Crippen LogP) is 1.60. The molecular formula is C62H111N11O14. The van der Waals surface area contributed by atoms with Crippen molar-refractivity contribution in [1.82, 2.24) is 55.6 Å². The van der Waals surface area contributed by atoms with Gasteiger partial charge >= 0.3 is 0 Å². The van der Waals surface area contributed by atoms with Gasteiger partial charge in [-0.05, 0) is 102 Å². The summed E-state index contributed by atoms with van der Waals surface area (Å²) in [5.41, 5.74) is -1.56. The van der Waals surface area contributed by atoms with E-state index >= 15 is 19.2 Å². The Labute approximate surface area is 518 Å². The van der Waals surface area contributed by atoms with Crippen molar-refractivity contribution in [3.63, 3.8) is 0 Å². The average molecular weight is 1230 g/mol. The Morgan fingerprint density at radius 1 is 0.529 bits per heavy atom. The summed E-state index contributed by atoms with van der Waals surface area (Å²) in [7, 11) is 9.80. The van der Waals surface area contributed by atoms with Gasteiger partial charge in [-0.1, -0.05) is 83.1 Å². The molecule has 2 saturated heterocycles. The maximum atomic E-state index is 15.3. The van der Waals surface area contributed by atoms with E-state index in [2.05, 4.69) is 21.3 Å². The number of aliphatic hydroxyl groups excluding tert-OH is 1. The summed E-state index contributed by atoms with van der Waals surface area (Å²) in [6, 6.07) is -12.6. The van der Waals surface area contributed by atoms with Crippen molar-refractivity contribution in [3.8, 4) is 0 Å². The highest BCUT2D eigenvalue weighted by atomic mass is 16.5. The number of aliphatic hydroxyl groups is 2. The first-order valence-electron chi connectivity index (χ1n) is 31.1. The first-order valence-corrected chi connectivity index (χ1v) is 31.1. The van der Waals surface area contributed by atoms with E-state index in [0.29, 0.717) is 6.42 Å². The second kappa shape index (κ2) is 33.6. The summed E-state index contributed by atoms with van der Waals surface area (Å²) < 4.78 is 6.44. The minimum Gasteiger partial charge on any atom is -0.396 e. The van der Waals surface area contributed by atoms with Crippen molar-refractivity contribution in [3.05, 3.63) is 0 Å². The third kappa shape index (κ3) is 21.1. The molecule has 2 aliphatic heterocycles. The Hall–Kier alpha value is -5.95. The van der Waals surface area contributed by atoms with Crippen molar-refractivity contribution in [1.29, 1.82) is 0 Å². The summed E-state index contributed by atoms with van der Waals surface area (Å²) in [5, 5.41) is 32.1. The molecule has 2 rings (SSSR count). The molecule has 87 heavy (non-hydrogen) atoms. The summed E-state index contributed by atoms with van der Waals surface area (Å²) in [5.74, 6) is -9.64. The second-order valence-electron chi connectivity index (χ2n) is 27.2. The lowest BCUT2D eigenvalue weighted by Gasteiger charge is -2.42. The number of carbonyl (C=O) groups excluding carboxylic acids is 11. The van der Waals surface area contributed by atoms with Crippen LogP contribution in [0.1, 0.15) is 156 Å². The van der Waals surface area contributed by atoms with Gasteiger partial charge in [0.2, 0.25) is 65.0 Å². The molecule has 0 bridgehead atoms. The summed E-state index contributed by atoms with van der Waals surface area (Å²) in [4.78, 5) is 169. The van der Waals surface area contributed by atoms with Crippen LogP contribution in [0, 0.1) is 35.5 Å². The van der Waals surface area contributed by atoms with E-state index in [-0.39, 0.29) is 68.8 Å². The molecule has 498 valence electrons. The lowest BCUT2D eigenvalue weighted by atomic mass is 9.92. The summed E-state index contributed by atoms with van der Waals surface area (Å²) >= 11 is 0. The van der Waals surface area contributed by atoms with Crippen molar-refractivity contribution >= 4 is 65.0 Å². The van der Waals surface area contributed by atoms with Crippen LogP contribution in [0.3, 0.4) is 0 Å². The fourth-order valence-electron chi connectivity index (χ4n) is 11.5. The van der Waals surface area contributed by atoms with Crippen LogP contribution in [0.15, 0.2) is 0 Å². The fraction of sp³-hybridized carbons (Fsp3) is 0.823. The van der Waals surface area contributed by atoms with Crippen LogP contribution >= 0.6 is 0 Å². The van der Waals surface area contributed by atoms with Gasteiger partial charge in [-0.3, -0.25) is 52.7 Å². The van der Waals surface area contributed by atoms with Gasteiger partial charge in [0.25, 0.3) is 0 Å². The van der Waals surface area contributed by atoms with Crippen LogP contribution in [-0.4, -0.2) is 250 Å². The Morgan fingerprint density at radius 3 is 1.48 bits per heavy atom. The van der Waals surface area contributed by atoms with Crippen LogP contribution in [-0.2, 0) is 57.5 Å². The Kier molecular flexibility index (Phi) is 29.8. The zero-order valence-electron chi connectivity index (χ0n) is 56.7. The lowest BCUT2D eigenvalue weighted by molar-refractivity contribution is -0.158. The minimum atomic E-state index is -1.56. The molecule has 0 aromatic rings. The van der Waals surface area contributed by atoms with Gasteiger partial charge in [0.15, 0.2) is 0 Å². The quantitative estimate of drug-likeness (QED) is 0.144. The molecule has 0 spiro atoms. The highest BCUT2D eigenvalue weighted by Crippen LogP contribution is 2.33. The predicted molar refractivity (Wildman–Crippen MR) is 329 cm³/mol. The first kappa shape index (κ1) is 77.1. The topological polar surface area (TPSA) is 308 Å². The summed E-state index contributed by atoms with van der Waals surface area (Å²) in [6.07, 6.45) is -0.671. The number of ether oxygens (including phenoxy) is 1. The van der Waals surface area contributed by atoms with Crippen LogP contribution in [0.4, 0.5) is 0 Å². The molecule has 0 aliphatic carbocycles. The molecule has 6 N–H and O–H groups in total. The number of hydrogen-bond donors (Lipinski definition) is 6. The number of carbonyl (C=O) groups is 11. The fourth-order valence-corrected chi connectivity index (χ4v) is 11.5. The molecule has 13 atom stereocenters. The van der Waals surface area contributed by atoms with E-state index in [1.165, 1.54) is 102 Å². The normalized spacial score (nSPS) is 29.3. The third-order valence-corrected chi connectivity index (χ3v) is 16.7. The van der Waals surface area contributed by atoms with Crippen LogP contribution in [0.2, 0.25) is 0 Å². The van der Waals surface area contributed by atoms with Crippen LogP contribution < -0.4 is 21.3 Å². The van der Waals surface area contributed by atoms with Crippen LogP contribution in [0.5, 0.6) is 0 Å². The maximum Gasteiger partial charge on any atom is 0.246 e.